The lowest BCUT2D eigenvalue weighted by Crippen LogP contribution is -2.50. The number of carbonyl (C=O) groups is 1. The molecule has 0 atom stereocenters. The van der Waals surface area contributed by atoms with Crippen molar-refractivity contribution < 1.29 is 9.90 Å². The van der Waals surface area contributed by atoms with E-state index in [0.717, 1.165) is 13.1 Å². The minimum Gasteiger partial charge on any atom is -0.507 e. The molecule has 1 saturated heterocycles. The number of carbonyl (C=O) groups excluding carboxylic acids is 1. The number of nitrogens with zero attached hydrogens (tertiary/aromatic N) is 2. The van der Waals surface area contributed by atoms with E-state index in [2.05, 4.69) is 4.90 Å². The summed E-state index contributed by atoms with van der Waals surface area (Å²) in [7, 11) is 0. The zero-order valence-electron chi connectivity index (χ0n) is 11.5. The fourth-order valence-electron chi connectivity index (χ4n) is 2.33. The van der Waals surface area contributed by atoms with Crippen LogP contribution < -0.4 is 5.73 Å². The lowest BCUT2D eigenvalue weighted by Gasteiger charge is -2.34. The first kappa shape index (κ1) is 14.7. The van der Waals surface area contributed by atoms with E-state index < -0.39 is 0 Å². The molecule has 1 aliphatic heterocycles. The van der Waals surface area contributed by atoms with Crippen molar-refractivity contribution in [3.05, 3.63) is 29.3 Å². The lowest BCUT2D eigenvalue weighted by molar-refractivity contribution is 0.0651. The number of hydrogen-bond donors (Lipinski definition) is 2. The van der Waals surface area contributed by atoms with Gasteiger partial charge in [-0.2, -0.15) is 0 Å². The van der Waals surface area contributed by atoms with Crippen molar-refractivity contribution in [3.8, 4) is 5.75 Å². The SMILES string of the molecule is Cc1cccc(C(=O)N2CCN(CC(N)=S)CC2)c1O. The highest BCUT2D eigenvalue weighted by Gasteiger charge is 2.24. The van der Waals surface area contributed by atoms with Crippen molar-refractivity contribution in [2.24, 2.45) is 5.73 Å². The zero-order chi connectivity index (χ0) is 14.7. The maximum Gasteiger partial charge on any atom is 0.257 e. The number of phenols is 1. The number of nitrogens with two attached hydrogens (primary N) is 1. The molecule has 1 amide bonds. The van der Waals surface area contributed by atoms with Crippen LogP contribution in [0.5, 0.6) is 5.75 Å². The van der Waals surface area contributed by atoms with E-state index >= 15 is 0 Å². The quantitative estimate of drug-likeness (QED) is 0.805. The molecule has 0 spiro atoms. The second kappa shape index (κ2) is 6.19. The van der Waals surface area contributed by atoms with Crippen LogP contribution in [-0.4, -0.2) is 58.5 Å². The largest absolute Gasteiger partial charge is 0.507 e. The third-order valence-electron chi connectivity index (χ3n) is 3.51. The zero-order valence-corrected chi connectivity index (χ0v) is 12.3. The molecule has 2 rings (SSSR count). The highest BCUT2D eigenvalue weighted by atomic mass is 32.1. The Morgan fingerprint density at radius 3 is 2.60 bits per heavy atom. The standard InChI is InChI=1S/C14H19N3O2S/c1-10-3-2-4-11(13(10)18)14(19)17-7-5-16(6-8-17)9-12(15)20/h2-4,18H,5-9H2,1H3,(H2,15,20). The number of phenolic OH excluding ortho intramolecular Hbond substituents is 1. The Morgan fingerprint density at radius 2 is 2.00 bits per heavy atom. The van der Waals surface area contributed by atoms with Gasteiger partial charge in [0, 0.05) is 32.7 Å². The molecule has 3 N–H and O–H groups in total. The van der Waals surface area contributed by atoms with Crippen LogP contribution in [0.1, 0.15) is 15.9 Å². The Morgan fingerprint density at radius 1 is 1.35 bits per heavy atom. The highest BCUT2D eigenvalue weighted by Crippen LogP contribution is 2.23. The second-order valence-electron chi connectivity index (χ2n) is 5.01. The van der Waals surface area contributed by atoms with Gasteiger partial charge in [0.25, 0.3) is 5.91 Å². The van der Waals surface area contributed by atoms with Crippen molar-refractivity contribution in [1.82, 2.24) is 9.80 Å². The van der Waals surface area contributed by atoms with Crippen LogP contribution in [0.3, 0.4) is 0 Å². The van der Waals surface area contributed by atoms with E-state index in [9.17, 15) is 9.90 Å². The Labute approximate surface area is 124 Å². The van der Waals surface area contributed by atoms with Gasteiger partial charge in [0.05, 0.1) is 10.6 Å². The molecule has 1 aromatic rings. The number of para-hydroxylation sites is 1. The normalized spacial score (nSPS) is 16.1. The summed E-state index contributed by atoms with van der Waals surface area (Å²) in [5.74, 6) is -0.0516. The minimum absolute atomic E-state index is 0.0723. The molecule has 108 valence electrons. The minimum atomic E-state index is -0.124. The van der Waals surface area contributed by atoms with E-state index in [1.807, 2.05) is 0 Å². The van der Waals surface area contributed by atoms with Gasteiger partial charge in [0.1, 0.15) is 5.75 Å². The number of piperazine rings is 1. The molecule has 20 heavy (non-hydrogen) atoms. The molecule has 0 aliphatic carbocycles. The van der Waals surface area contributed by atoms with Crippen LogP contribution in [0.25, 0.3) is 0 Å². The fraction of sp³-hybridized carbons (Fsp3) is 0.429. The summed E-state index contributed by atoms with van der Waals surface area (Å²) in [6, 6.07) is 5.23. The van der Waals surface area contributed by atoms with Gasteiger partial charge in [0.15, 0.2) is 0 Å². The third kappa shape index (κ3) is 3.26. The van der Waals surface area contributed by atoms with Crippen LogP contribution in [0.15, 0.2) is 18.2 Å². The monoisotopic (exact) mass is 293 g/mol. The summed E-state index contributed by atoms with van der Waals surface area (Å²) >= 11 is 4.89. The third-order valence-corrected chi connectivity index (χ3v) is 3.64. The molecule has 0 aromatic heterocycles. The summed E-state index contributed by atoms with van der Waals surface area (Å²) in [6.45, 7) is 5.11. The molecule has 0 radical (unpaired) electrons. The second-order valence-corrected chi connectivity index (χ2v) is 5.53. The van der Waals surface area contributed by atoms with E-state index in [1.54, 1.807) is 30.0 Å². The van der Waals surface area contributed by atoms with Gasteiger partial charge in [-0.1, -0.05) is 24.4 Å². The molecular weight excluding hydrogens is 274 g/mol. The molecule has 5 nitrogen and oxygen atoms in total. The smallest absolute Gasteiger partial charge is 0.257 e. The lowest BCUT2D eigenvalue weighted by atomic mass is 10.1. The van der Waals surface area contributed by atoms with Crippen LogP contribution >= 0.6 is 12.2 Å². The van der Waals surface area contributed by atoms with E-state index in [1.165, 1.54) is 0 Å². The number of hydrogen-bond acceptors (Lipinski definition) is 4. The molecule has 1 heterocycles. The molecular formula is C14H19N3O2S. The van der Waals surface area contributed by atoms with Gasteiger partial charge in [-0.05, 0) is 18.6 Å². The summed E-state index contributed by atoms with van der Waals surface area (Å²) < 4.78 is 0. The topological polar surface area (TPSA) is 69.8 Å². The van der Waals surface area contributed by atoms with E-state index in [4.69, 9.17) is 18.0 Å². The average Bonchev–Trinajstić information content (AvgIpc) is 2.41. The van der Waals surface area contributed by atoms with Gasteiger partial charge in [-0.15, -0.1) is 0 Å². The van der Waals surface area contributed by atoms with Gasteiger partial charge in [0.2, 0.25) is 0 Å². The Bertz CT molecular complexity index is 525. The highest BCUT2D eigenvalue weighted by molar-refractivity contribution is 7.80. The molecule has 1 fully saturated rings. The van der Waals surface area contributed by atoms with Gasteiger partial charge in [-0.25, -0.2) is 0 Å². The van der Waals surface area contributed by atoms with Crippen LogP contribution in [-0.2, 0) is 0 Å². The van der Waals surface area contributed by atoms with E-state index in [0.29, 0.717) is 35.7 Å². The molecule has 1 aromatic carbocycles. The number of aryl methyl sites for hydroxylation is 1. The fourth-order valence-corrected chi connectivity index (χ4v) is 2.51. The van der Waals surface area contributed by atoms with Crippen molar-refractivity contribution in [1.29, 1.82) is 0 Å². The Kier molecular flexibility index (Phi) is 4.57. The van der Waals surface area contributed by atoms with Crippen molar-refractivity contribution in [2.75, 3.05) is 32.7 Å². The molecule has 1 aliphatic rings. The average molecular weight is 293 g/mol. The number of thiocarbonyl (C=S) groups is 1. The predicted octanol–water partition coefficient (Wildman–Crippen LogP) is 0.745. The van der Waals surface area contributed by atoms with Crippen LogP contribution in [0.2, 0.25) is 0 Å². The molecule has 0 saturated carbocycles. The number of benzene rings is 1. The summed E-state index contributed by atoms with van der Waals surface area (Å²) in [4.78, 5) is 16.8. The first-order valence-electron chi connectivity index (χ1n) is 6.57. The van der Waals surface area contributed by atoms with Crippen molar-refractivity contribution in [3.63, 3.8) is 0 Å². The Balaban J connectivity index is 2.02. The number of amides is 1. The summed E-state index contributed by atoms with van der Waals surface area (Å²) in [5.41, 5.74) is 6.60. The predicted molar refractivity (Wildman–Crippen MR) is 82.0 cm³/mol. The first-order chi connectivity index (χ1) is 9.49. The molecule has 0 bridgehead atoms. The molecule has 0 unspecified atom stereocenters. The Hall–Kier alpha value is -1.66. The first-order valence-corrected chi connectivity index (χ1v) is 6.98. The molecule has 6 heteroatoms. The van der Waals surface area contributed by atoms with Crippen molar-refractivity contribution >= 4 is 23.1 Å². The summed E-state index contributed by atoms with van der Waals surface area (Å²) in [6.07, 6.45) is 0. The number of aromatic hydroxyl groups is 1. The number of rotatable bonds is 3. The van der Waals surface area contributed by atoms with Gasteiger partial charge in [-0.3, -0.25) is 9.69 Å². The van der Waals surface area contributed by atoms with E-state index in [-0.39, 0.29) is 11.7 Å². The van der Waals surface area contributed by atoms with Gasteiger partial charge >= 0.3 is 0 Å². The van der Waals surface area contributed by atoms with Crippen molar-refractivity contribution in [2.45, 2.75) is 6.92 Å². The van der Waals surface area contributed by atoms with Crippen LogP contribution in [0.4, 0.5) is 0 Å². The summed E-state index contributed by atoms with van der Waals surface area (Å²) in [5, 5.41) is 9.98. The maximum absolute atomic E-state index is 12.4. The van der Waals surface area contributed by atoms with Crippen LogP contribution in [0, 0.1) is 6.92 Å². The van der Waals surface area contributed by atoms with Gasteiger partial charge < -0.3 is 15.7 Å². The maximum atomic E-state index is 12.4.